The third-order valence-electron chi connectivity index (χ3n) is 4.00. The van der Waals surface area contributed by atoms with Gasteiger partial charge in [-0.1, -0.05) is 19.9 Å². The SMILES string of the molecule is CC(C)COc1ccc(S(=O)(=O)Nc2ccc3c(c2)C(=O)NCC3)cc1. The number of carbonyl (C=O) groups is 1. The maximum Gasteiger partial charge on any atom is 0.261 e. The Labute approximate surface area is 153 Å². The molecule has 0 saturated heterocycles. The number of hydrogen-bond acceptors (Lipinski definition) is 4. The van der Waals surface area contributed by atoms with E-state index in [2.05, 4.69) is 10.0 Å². The molecule has 1 aliphatic rings. The number of hydrogen-bond donors (Lipinski definition) is 2. The van der Waals surface area contributed by atoms with Crippen LogP contribution < -0.4 is 14.8 Å². The number of amides is 1. The molecule has 2 aromatic rings. The highest BCUT2D eigenvalue weighted by atomic mass is 32.2. The van der Waals surface area contributed by atoms with Gasteiger partial charge in [-0.25, -0.2) is 8.42 Å². The summed E-state index contributed by atoms with van der Waals surface area (Å²) in [7, 11) is -3.74. The first-order chi connectivity index (χ1) is 12.3. The molecule has 0 radical (unpaired) electrons. The Morgan fingerprint density at radius 1 is 1.15 bits per heavy atom. The average molecular weight is 374 g/mol. The molecule has 0 bridgehead atoms. The smallest absolute Gasteiger partial charge is 0.261 e. The van der Waals surface area contributed by atoms with Gasteiger partial charge >= 0.3 is 0 Å². The lowest BCUT2D eigenvalue weighted by molar-refractivity contribution is 0.0946. The summed E-state index contributed by atoms with van der Waals surface area (Å²) in [5.74, 6) is 0.836. The van der Waals surface area contributed by atoms with Gasteiger partial charge in [0, 0.05) is 17.8 Å². The molecule has 1 aliphatic heterocycles. The van der Waals surface area contributed by atoms with Crippen molar-refractivity contribution in [2.75, 3.05) is 17.9 Å². The lowest BCUT2D eigenvalue weighted by Gasteiger charge is -2.17. The van der Waals surface area contributed by atoms with Crippen LogP contribution in [0.5, 0.6) is 5.75 Å². The number of rotatable bonds is 6. The zero-order valence-electron chi connectivity index (χ0n) is 14.8. The van der Waals surface area contributed by atoms with Gasteiger partial charge in [-0.15, -0.1) is 0 Å². The Morgan fingerprint density at radius 2 is 1.88 bits per heavy atom. The van der Waals surface area contributed by atoms with Crippen molar-refractivity contribution in [1.82, 2.24) is 5.32 Å². The summed E-state index contributed by atoms with van der Waals surface area (Å²) in [4.78, 5) is 12.1. The molecule has 0 spiro atoms. The lowest BCUT2D eigenvalue weighted by Crippen LogP contribution is -2.31. The van der Waals surface area contributed by atoms with Crippen molar-refractivity contribution in [1.29, 1.82) is 0 Å². The monoisotopic (exact) mass is 374 g/mol. The second kappa shape index (κ2) is 7.37. The molecule has 138 valence electrons. The summed E-state index contributed by atoms with van der Waals surface area (Å²) >= 11 is 0. The van der Waals surface area contributed by atoms with Crippen molar-refractivity contribution in [3.63, 3.8) is 0 Å². The second-order valence-electron chi connectivity index (χ2n) is 6.66. The van der Waals surface area contributed by atoms with Crippen LogP contribution in [-0.2, 0) is 16.4 Å². The van der Waals surface area contributed by atoms with E-state index in [0.717, 1.165) is 12.0 Å². The van der Waals surface area contributed by atoms with Crippen LogP contribution in [0.1, 0.15) is 29.8 Å². The molecule has 0 fully saturated rings. The number of ether oxygens (including phenoxy) is 1. The number of nitrogens with one attached hydrogen (secondary N) is 2. The normalized spacial score (nSPS) is 13.9. The van der Waals surface area contributed by atoms with E-state index < -0.39 is 10.0 Å². The Bertz CT molecular complexity index is 906. The van der Waals surface area contributed by atoms with Gasteiger partial charge in [-0.05, 0) is 54.3 Å². The molecule has 0 aliphatic carbocycles. The minimum Gasteiger partial charge on any atom is -0.493 e. The molecule has 3 rings (SSSR count). The third-order valence-corrected chi connectivity index (χ3v) is 5.40. The highest BCUT2D eigenvalue weighted by Gasteiger charge is 2.19. The zero-order chi connectivity index (χ0) is 18.7. The summed E-state index contributed by atoms with van der Waals surface area (Å²) < 4.78 is 33.2. The van der Waals surface area contributed by atoms with Crippen LogP contribution in [-0.4, -0.2) is 27.5 Å². The van der Waals surface area contributed by atoms with Crippen LogP contribution in [0.4, 0.5) is 5.69 Å². The summed E-state index contributed by atoms with van der Waals surface area (Å²) in [5.41, 5.74) is 1.79. The number of benzene rings is 2. The van der Waals surface area contributed by atoms with Crippen LogP contribution in [0.15, 0.2) is 47.4 Å². The number of anilines is 1. The fourth-order valence-electron chi connectivity index (χ4n) is 2.67. The van der Waals surface area contributed by atoms with Crippen molar-refractivity contribution in [3.05, 3.63) is 53.6 Å². The van der Waals surface area contributed by atoms with Gasteiger partial charge in [0.2, 0.25) is 0 Å². The Balaban J connectivity index is 1.76. The van der Waals surface area contributed by atoms with E-state index >= 15 is 0 Å². The van der Waals surface area contributed by atoms with E-state index in [0.29, 0.717) is 36.1 Å². The molecule has 0 saturated carbocycles. The van der Waals surface area contributed by atoms with E-state index in [1.807, 2.05) is 13.8 Å². The predicted molar refractivity (Wildman–Crippen MR) is 100 cm³/mol. The third kappa shape index (κ3) is 4.16. The molecule has 1 heterocycles. The fraction of sp³-hybridized carbons (Fsp3) is 0.316. The minimum absolute atomic E-state index is 0.136. The van der Waals surface area contributed by atoms with Gasteiger partial charge in [0.15, 0.2) is 0 Å². The van der Waals surface area contributed by atoms with Gasteiger partial charge in [0.25, 0.3) is 15.9 Å². The lowest BCUT2D eigenvalue weighted by atomic mass is 10.00. The largest absolute Gasteiger partial charge is 0.493 e. The Hall–Kier alpha value is -2.54. The first-order valence-corrected chi connectivity index (χ1v) is 10.0. The van der Waals surface area contributed by atoms with Crippen LogP contribution in [0.25, 0.3) is 0 Å². The molecule has 0 unspecified atom stereocenters. The molecule has 7 heteroatoms. The number of fused-ring (bicyclic) bond motifs is 1. The summed E-state index contributed by atoms with van der Waals surface area (Å²) in [6.07, 6.45) is 0.742. The van der Waals surface area contributed by atoms with Crippen molar-refractivity contribution < 1.29 is 17.9 Å². The number of carbonyl (C=O) groups excluding carboxylic acids is 1. The quantitative estimate of drug-likeness (QED) is 0.814. The van der Waals surface area contributed by atoms with E-state index in [1.54, 1.807) is 30.3 Å². The summed E-state index contributed by atoms with van der Waals surface area (Å²) in [6, 6.07) is 11.3. The van der Waals surface area contributed by atoms with E-state index in [9.17, 15) is 13.2 Å². The van der Waals surface area contributed by atoms with Gasteiger partial charge in [-0.2, -0.15) is 0 Å². The van der Waals surface area contributed by atoms with Gasteiger partial charge in [0.05, 0.1) is 11.5 Å². The molecular weight excluding hydrogens is 352 g/mol. The second-order valence-corrected chi connectivity index (χ2v) is 8.34. The molecule has 1 amide bonds. The maximum absolute atomic E-state index is 12.6. The van der Waals surface area contributed by atoms with Crippen LogP contribution in [0, 0.1) is 5.92 Å². The van der Waals surface area contributed by atoms with Crippen molar-refractivity contribution >= 4 is 21.6 Å². The fourth-order valence-corrected chi connectivity index (χ4v) is 3.72. The molecule has 6 nitrogen and oxygen atoms in total. The summed E-state index contributed by atoms with van der Waals surface area (Å²) in [5, 5.41) is 2.76. The molecular formula is C19H22N2O4S. The van der Waals surface area contributed by atoms with Crippen molar-refractivity contribution in [2.45, 2.75) is 25.2 Å². The molecule has 0 aromatic heterocycles. The molecule has 0 atom stereocenters. The van der Waals surface area contributed by atoms with Crippen LogP contribution in [0.3, 0.4) is 0 Å². The van der Waals surface area contributed by atoms with Crippen LogP contribution >= 0.6 is 0 Å². The Kier molecular flexibility index (Phi) is 5.18. The zero-order valence-corrected chi connectivity index (χ0v) is 15.6. The number of sulfonamides is 1. The molecule has 2 N–H and O–H groups in total. The van der Waals surface area contributed by atoms with E-state index in [1.165, 1.54) is 12.1 Å². The highest BCUT2D eigenvalue weighted by Crippen LogP contribution is 2.23. The van der Waals surface area contributed by atoms with E-state index in [-0.39, 0.29) is 10.8 Å². The van der Waals surface area contributed by atoms with Gasteiger partial charge in [0.1, 0.15) is 5.75 Å². The first-order valence-electron chi connectivity index (χ1n) is 8.52. The van der Waals surface area contributed by atoms with Crippen molar-refractivity contribution in [3.8, 4) is 5.75 Å². The molecule has 2 aromatic carbocycles. The van der Waals surface area contributed by atoms with Gasteiger partial charge in [-0.3, -0.25) is 9.52 Å². The highest BCUT2D eigenvalue weighted by molar-refractivity contribution is 7.92. The molecule has 26 heavy (non-hydrogen) atoms. The standard InChI is InChI=1S/C19H22N2O4S/c1-13(2)12-25-16-5-7-17(8-6-16)26(23,24)21-15-4-3-14-9-10-20-19(22)18(14)11-15/h3-8,11,13,21H,9-10,12H2,1-2H3,(H,20,22). The van der Waals surface area contributed by atoms with E-state index in [4.69, 9.17) is 4.74 Å². The minimum atomic E-state index is -3.74. The van der Waals surface area contributed by atoms with Crippen LogP contribution in [0.2, 0.25) is 0 Å². The maximum atomic E-state index is 12.6. The topological polar surface area (TPSA) is 84.5 Å². The van der Waals surface area contributed by atoms with Gasteiger partial charge < -0.3 is 10.1 Å². The average Bonchev–Trinajstić information content (AvgIpc) is 2.61. The first kappa shape index (κ1) is 18.3. The Morgan fingerprint density at radius 3 is 2.58 bits per heavy atom. The van der Waals surface area contributed by atoms with Crippen molar-refractivity contribution in [2.24, 2.45) is 5.92 Å². The summed E-state index contributed by atoms with van der Waals surface area (Å²) in [6.45, 7) is 5.26. The predicted octanol–water partition coefficient (Wildman–Crippen LogP) is 2.81.